The Kier molecular flexibility index (Phi) is 5.78. The van der Waals surface area contributed by atoms with Gasteiger partial charge in [-0.25, -0.2) is 0 Å². The van der Waals surface area contributed by atoms with Crippen molar-refractivity contribution in [3.63, 3.8) is 0 Å². The molecule has 0 radical (unpaired) electrons. The fourth-order valence-electron chi connectivity index (χ4n) is 1.38. The minimum atomic E-state index is -0.0868. The maximum atomic E-state index is 8.29. The predicted molar refractivity (Wildman–Crippen MR) is 64.1 cm³/mol. The number of azide groups is 1. The van der Waals surface area contributed by atoms with E-state index in [1.165, 1.54) is 5.56 Å². The Labute approximate surface area is 95.2 Å². The van der Waals surface area contributed by atoms with Gasteiger partial charge < -0.3 is 4.74 Å². The third-order valence-corrected chi connectivity index (χ3v) is 2.10. The first-order valence-electron chi connectivity index (χ1n) is 5.14. The van der Waals surface area contributed by atoms with Crippen molar-refractivity contribution in [2.75, 3.05) is 13.2 Å². The zero-order valence-corrected chi connectivity index (χ0v) is 9.12. The first kappa shape index (κ1) is 12.3. The zero-order chi connectivity index (χ0) is 11.6. The molecule has 0 unspecified atom stereocenters. The van der Waals surface area contributed by atoms with Gasteiger partial charge in [0.2, 0.25) is 0 Å². The van der Waals surface area contributed by atoms with Crippen LogP contribution in [0.25, 0.3) is 10.4 Å². The van der Waals surface area contributed by atoms with Crippen LogP contribution < -0.4 is 0 Å². The molecule has 1 aromatic rings. The molecule has 0 spiro atoms. The molecule has 0 fully saturated rings. The third-order valence-electron chi connectivity index (χ3n) is 2.10. The minimum absolute atomic E-state index is 0.0868. The van der Waals surface area contributed by atoms with Crippen LogP contribution in [0.1, 0.15) is 5.56 Å². The van der Waals surface area contributed by atoms with E-state index < -0.39 is 0 Å². The Morgan fingerprint density at radius 3 is 2.81 bits per heavy atom. The zero-order valence-electron chi connectivity index (χ0n) is 9.12. The Morgan fingerprint density at radius 2 is 2.19 bits per heavy atom. The van der Waals surface area contributed by atoms with E-state index in [9.17, 15) is 0 Å². The van der Waals surface area contributed by atoms with E-state index in [1.807, 2.05) is 30.3 Å². The average molecular weight is 217 g/mol. The summed E-state index contributed by atoms with van der Waals surface area (Å²) in [6.45, 7) is 4.41. The first-order chi connectivity index (χ1) is 7.86. The Bertz CT molecular complexity index is 358. The van der Waals surface area contributed by atoms with Crippen LogP contribution in [0.2, 0.25) is 0 Å². The predicted octanol–water partition coefficient (Wildman–Crippen LogP) is 3.11. The molecule has 0 aliphatic carbocycles. The summed E-state index contributed by atoms with van der Waals surface area (Å²) in [5.41, 5.74) is 9.46. The van der Waals surface area contributed by atoms with Gasteiger partial charge in [-0.2, -0.15) is 0 Å². The summed E-state index contributed by atoms with van der Waals surface area (Å²) in [5, 5.41) is 3.54. The van der Waals surface area contributed by atoms with Gasteiger partial charge in [0.1, 0.15) is 0 Å². The van der Waals surface area contributed by atoms with Crippen LogP contribution in [-0.2, 0) is 11.2 Å². The summed E-state index contributed by atoms with van der Waals surface area (Å²) in [6, 6.07) is 9.98. The van der Waals surface area contributed by atoms with Gasteiger partial charge in [0.05, 0.1) is 19.3 Å². The van der Waals surface area contributed by atoms with Gasteiger partial charge in [-0.05, 0) is 17.5 Å². The highest BCUT2D eigenvalue weighted by Gasteiger charge is 2.08. The van der Waals surface area contributed by atoms with Crippen LogP contribution in [0.3, 0.4) is 0 Å². The van der Waals surface area contributed by atoms with Gasteiger partial charge in [0.25, 0.3) is 0 Å². The Balaban J connectivity index is 2.54. The van der Waals surface area contributed by atoms with Crippen LogP contribution in [0.4, 0.5) is 0 Å². The highest BCUT2D eigenvalue weighted by molar-refractivity contribution is 5.15. The second kappa shape index (κ2) is 7.51. The van der Waals surface area contributed by atoms with Crippen molar-refractivity contribution in [1.82, 2.24) is 0 Å². The Morgan fingerprint density at radius 1 is 1.44 bits per heavy atom. The van der Waals surface area contributed by atoms with Gasteiger partial charge in [0, 0.05) is 4.91 Å². The third kappa shape index (κ3) is 4.64. The van der Waals surface area contributed by atoms with E-state index in [1.54, 1.807) is 6.08 Å². The number of hydrogen-bond donors (Lipinski definition) is 0. The van der Waals surface area contributed by atoms with Gasteiger partial charge >= 0.3 is 0 Å². The molecule has 16 heavy (non-hydrogen) atoms. The van der Waals surface area contributed by atoms with E-state index in [0.717, 1.165) is 6.42 Å². The number of rotatable bonds is 7. The molecule has 0 N–H and O–H groups in total. The molecule has 84 valence electrons. The monoisotopic (exact) mass is 217 g/mol. The van der Waals surface area contributed by atoms with Gasteiger partial charge in [-0.15, -0.1) is 6.58 Å². The second-order valence-electron chi connectivity index (χ2n) is 3.35. The molecule has 0 amide bonds. The molecular weight excluding hydrogens is 202 g/mol. The minimum Gasteiger partial charge on any atom is -0.374 e. The number of benzene rings is 1. The molecule has 0 heterocycles. The summed E-state index contributed by atoms with van der Waals surface area (Å²) in [7, 11) is 0. The lowest BCUT2D eigenvalue weighted by Gasteiger charge is -2.14. The number of hydrogen-bond acceptors (Lipinski definition) is 2. The molecule has 0 aliphatic rings. The molecule has 4 heteroatoms. The molecule has 1 aromatic carbocycles. The molecule has 0 saturated carbocycles. The van der Waals surface area contributed by atoms with Crippen molar-refractivity contribution in [3.05, 3.63) is 59.0 Å². The van der Waals surface area contributed by atoms with Crippen LogP contribution >= 0.6 is 0 Å². The normalized spacial score (nSPS) is 11.5. The molecule has 0 aliphatic heterocycles. The van der Waals surface area contributed by atoms with Gasteiger partial charge in [0.15, 0.2) is 0 Å². The SMILES string of the molecule is C=CCO[C@@H](CN=[N+]=[N-])Cc1ccccc1. The maximum absolute atomic E-state index is 8.29. The molecular formula is C12H15N3O. The standard InChI is InChI=1S/C12H15N3O/c1-2-8-16-12(10-14-15-13)9-11-6-4-3-5-7-11/h2-7,12H,1,8-10H2/t12-/m1/s1. The fourth-order valence-corrected chi connectivity index (χ4v) is 1.38. The highest BCUT2D eigenvalue weighted by atomic mass is 16.5. The summed E-state index contributed by atoms with van der Waals surface area (Å²) in [5.74, 6) is 0. The average Bonchev–Trinajstić information content (AvgIpc) is 2.34. The Hall–Kier alpha value is -1.77. The van der Waals surface area contributed by atoms with Crippen LogP contribution in [0, 0.1) is 0 Å². The second-order valence-corrected chi connectivity index (χ2v) is 3.35. The van der Waals surface area contributed by atoms with Gasteiger partial charge in [-0.1, -0.05) is 41.5 Å². The van der Waals surface area contributed by atoms with Gasteiger partial charge in [-0.3, -0.25) is 0 Å². The molecule has 1 atom stereocenters. The molecule has 4 nitrogen and oxygen atoms in total. The summed E-state index contributed by atoms with van der Waals surface area (Å²) < 4.78 is 5.51. The number of nitrogens with zero attached hydrogens (tertiary/aromatic N) is 3. The quantitative estimate of drug-likeness (QED) is 0.299. The smallest absolute Gasteiger partial charge is 0.0676 e. The van der Waals surface area contributed by atoms with Crippen molar-refractivity contribution in [2.24, 2.45) is 5.11 Å². The lowest BCUT2D eigenvalue weighted by atomic mass is 10.1. The van der Waals surface area contributed by atoms with Crippen molar-refractivity contribution in [1.29, 1.82) is 0 Å². The fraction of sp³-hybridized carbons (Fsp3) is 0.333. The van der Waals surface area contributed by atoms with Crippen LogP contribution in [0.15, 0.2) is 48.1 Å². The molecule has 0 bridgehead atoms. The van der Waals surface area contributed by atoms with E-state index >= 15 is 0 Å². The topological polar surface area (TPSA) is 58.0 Å². The lowest BCUT2D eigenvalue weighted by molar-refractivity contribution is 0.0812. The highest BCUT2D eigenvalue weighted by Crippen LogP contribution is 2.06. The lowest BCUT2D eigenvalue weighted by Crippen LogP contribution is -2.19. The van der Waals surface area contributed by atoms with Crippen molar-refractivity contribution < 1.29 is 4.74 Å². The van der Waals surface area contributed by atoms with Crippen molar-refractivity contribution in [2.45, 2.75) is 12.5 Å². The number of ether oxygens (including phenoxy) is 1. The van der Waals surface area contributed by atoms with E-state index in [2.05, 4.69) is 16.6 Å². The van der Waals surface area contributed by atoms with E-state index in [-0.39, 0.29) is 6.10 Å². The summed E-state index contributed by atoms with van der Waals surface area (Å²) in [4.78, 5) is 2.74. The summed E-state index contributed by atoms with van der Waals surface area (Å²) in [6.07, 6.45) is 2.35. The molecule has 0 aromatic heterocycles. The van der Waals surface area contributed by atoms with Crippen molar-refractivity contribution >= 4 is 0 Å². The first-order valence-corrected chi connectivity index (χ1v) is 5.14. The van der Waals surface area contributed by atoms with E-state index in [4.69, 9.17) is 10.3 Å². The van der Waals surface area contributed by atoms with E-state index in [0.29, 0.717) is 13.2 Å². The maximum Gasteiger partial charge on any atom is 0.0676 e. The largest absolute Gasteiger partial charge is 0.374 e. The van der Waals surface area contributed by atoms with Crippen LogP contribution in [0.5, 0.6) is 0 Å². The van der Waals surface area contributed by atoms with Crippen LogP contribution in [-0.4, -0.2) is 19.3 Å². The molecule has 0 saturated heterocycles. The molecule has 1 rings (SSSR count). The summed E-state index contributed by atoms with van der Waals surface area (Å²) >= 11 is 0. The van der Waals surface area contributed by atoms with Crippen molar-refractivity contribution in [3.8, 4) is 0 Å².